The third kappa shape index (κ3) is 1.64. The highest BCUT2D eigenvalue weighted by Crippen LogP contribution is 2.58. The van der Waals surface area contributed by atoms with Crippen LogP contribution in [-0.4, -0.2) is 28.8 Å². The Labute approximate surface area is 143 Å². The van der Waals surface area contributed by atoms with Gasteiger partial charge in [-0.05, 0) is 24.3 Å². The molecule has 0 radical (unpaired) electrons. The number of fused-ring (bicyclic) bond motifs is 2. The van der Waals surface area contributed by atoms with Gasteiger partial charge in [0.2, 0.25) is 0 Å². The van der Waals surface area contributed by atoms with Gasteiger partial charge in [0.25, 0.3) is 5.91 Å². The summed E-state index contributed by atoms with van der Waals surface area (Å²) >= 11 is 1.53. The van der Waals surface area contributed by atoms with Crippen molar-refractivity contribution in [2.45, 2.75) is 23.0 Å². The molecule has 1 aliphatic carbocycles. The standard InChI is InChI=1S/C18H16N2O3S/c1-17(15(21)19-16(22)20-17)18(23)12-9-8-11(13(18)14(12)24-2)10-6-4-3-5-7-10/h3-9,23H,1-2H3,(H2,19,20,21,22). The van der Waals surface area contributed by atoms with Gasteiger partial charge >= 0.3 is 6.03 Å². The second-order valence-corrected chi connectivity index (χ2v) is 7.00. The zero-order valence-electron chi connectivity index (χ0n) is 13.2. The van der Waals surface area contributed by atoms with E-state index in [-0.39, 0.29) is 0 Å². The minimum absolute atomic E-state index is 0.520. The van der Waals surface area contributed by atoms with Gasteiger partial charge in [-0.25, -0.2) is 4.79 Å². The Balaban J connectivity index is 1.94. The molecule has 0 saturated carbocycles. The van der Waals surface area contributed by atoms with Crippen LogP contribution in [0.1, 0.15) is 18.1 Å². The highest BCUT2D eigenvalue weighted by atomic mass is 32.2. The monoisotopic (exact) mass is 340 g/mol. The Morgan fingerprint density at radius 3 is 2.38 bits per heavy atom. The van der Waals surface area contributed by atoms with E-state index in [0.29, 0.717) is 11.1 Å². The number of benzene rings is 2. The van der Waals surface area contributed by atoms with Gasteiger partial charge in [-0.1, -0.05) is 42.5 Å². The van der Waals surface area contributed by atoms with Gasteiger partial charge in [0, 0.05) is 16.0 Å². The quantitative estimate of drug-likeness (QED) is 0.591. The van der Waals surface area contributed by atoms with Crippen LogP contribution in [0.5, 0.6) is 0 Å². The summed E-state index contributed by atoms with van der Waals surface area (Å²) in [6.07, 6.45) is 1.94. The summed E-state index contributed by atoms with van der Waals surface area (Å²) < 4.78 is 0. The average Bonchev–Trinajstić information content (AvgIpc) is 2.87. The van der Waals surface area contributed by atoms with Crippen molar-refractivity contribution in [1.82, 2.24) is 10.6 Å². The van der Waals surface area contributed by atoms with Crippen molar-refractivity contribution in [2.75, 3.05) is 6.26 Å². The molecule has 0 aromatic heterocycles. The first-order valence-corrected chi connectivity index (χ1v) is 8.79. The number of rotatable bonds is 3. The second-order valence-electron chi connectivity index (χ2n) is 6.18. The molecule has 2 aliphatic rings. The Hall–Kier alpha value is -2.31. The molecule has 6 heteroatoms. The van der Waals surface area contributed by atoms with Crippen molar-refractivity contribution >= 4 is 23.7 Å². The van der Waals surface area contributed by atoms with E-state index in [9.17, 15) is 14.7 Å². The van der Waals surface area contributed by atoms with Gasteiger partial charge in [-0.15, -0.1) is 11.8 Å². The molecule has 2 bridgehead atoms. The summed E-state index contributed by atoms with van der Waals surface area (Å²) in [6.45, 7) is 1.56. The number of thioether (sulfide) groups is 1. The van der Waals surface area contributed by atoms with E-state index in [1.54, 1.807) is 6.92 Å². The lowest BCUT2D eigenvalue weighted by molar-refractivity contribution is -0.133. The normalized spacial score (nSPS) is 27.5. The molecule has 2 aromatic rings. The molecule has 3 N–H and O–H groups in total. The van der Waals surface area contributed by atoms with Gasteiger partial charge in [0.05, 0.1) is 0 Å². The van der Waals surface area contributed by atoms with Crippen LogP contribution in [0.15, 0.2) is 47.4 Å². The van der Waals surface area contributed by atoms with Crippen LogP contribution >= 0.6 is 11.8 Å². The third-order valence-electron chi connectivity index (χ3n) is 4.97. The highest BCUT2D eigenvalue weighted by Gasteiger charge is 2.65. The third-order valence-corrected chi connectivity index (χ3v) is 5.80. The van der Waals surface area contributed by atoms with Crippen LogP contribution in [0, 0.1) is 0 Å². The Kier molecular flexibility index (Phi) is 3.07. The van der Waals surface area contributed by atoms with Gasteiger partial charge in [0.15, 0.2) is 5.54 Å². The molecule has 4 rings (SSSR count). The van der Waals surface area contributed by atoms with Crippen molar-refractivity contribution < 1.29 is 14.7 Å². The van der Waals surface area contributed by atoms with Crippen LogP contribution in [0.3, 0.4) is 0 Å². The van der Waals surface area contributed by atoms with Crippen molar-refractivity contribution in [3.8, 4) is 11.1 Å². The fraction of sp³-hybridized carbons (Fsp3) is 0.222. The largest absolute Gasteiger partial charge is 0.377 e. The SMILES string of the molecule is CSc1c2ccc(-c3ccccc3)c1C2(O)C1(C)NC(=O)NC1=O. The molecule has 1 aliphatic heterocycles. The summed E-state index contributed by atoms with van der Waals surface area (Å²) in [5.74, 6) is -0.520. The van der Waals surface area contributed by atoms with Crippen LogP contribution < -0.4 is 10.6 Å². The summed E-state index contributed by atoms with van der Waals surface area (Å²) in [5.41, 5.74) is 0.219. The fourth-order valence-corrected chi connectivity index (χ4v) is 4.58. The first-order valence-electron chi connectivity index (χ1n) is 7.57. The summed E-state index contributed by atoms with van der Waals surface area (Å²) in [6, 6.07) is 12.9. The molecule has 1 saturated heterocycles. The van der Waals surface area contributed by atoms with Crippen molar-refractivity contribution in [2.24, 2.45) is 0 Å². The molecule has 1 fully saturated rings. The Morgan fingerprint density at radius 1 is 1.08 bits per heavy atom. The maximum Gasteiger partial charge on any atom is 0.322 e. The van der Waals surface area contributed by atoms with Crippen LogP contribution in [0.2, 0.25) is 0 Å². The minimum Gasteiger partial charge on any atom is -0.377 e. The zero-order chi connectivity index (χ0) is 17.1. The number of nitrogens with one attached hydrogen (secondary N) is 2. The number of urea groups is 1. The summed E-state index contributed by atoms with van der Waals surface area (Å²) in [4.78, 5) is 25.0. The van der Waals surface area contributed by atoms with E-state index in [1.807, 2.05) is 48.7 Å². The second kappa shape index (κ2) is 4.84. The lowest BCUT2D eigenvalue weighted by Crippen LogP contribution is -2.64. The number of amides is 3. The van der Waals surface area contributed by atoms with E-state index in [2.05, 4.69) is 10.6 Å². The first kappa shape index (κ1) is 15.2. The van der Waals surface area contributed by atoms with Gasteiger partial charge in [-0.2, -0.15) is 0 Å². The van der Waals surface area contributed by atoms with Crippen molar-refractivity contribution in [3.63, 3.8) is 0 Å². The molecule has 2 unspecified atom stereocenters. The zero-order valence-corrected chi connectivity index (χ0v) is 14.0. The van der Waals surface area contributed by atoms with Crippen molar-refractivity contribution in [3.05, 3.63) is 53.6 Å². The molecule has 24 heavy (non-hydrogen) atoms. The fourth-order valence-electron chi connectivity index (χ4n) is 3.69. The number of aliphatic hydroxyl groups is 1. The average molecular weight is 340 g/mol. The molecule has 2 aromatic carbocycles. The lowest BCUT2D eigenvalue weighted by atomic mass is 9.62. The highest BCUT2D eigenvalue weighted by molar-refractivity contribution is 7.98. The maximum atomic E-state index is 12.4. The van der Waals surface area contributed by atoms with E-state index >= 15 is 0 Å². The molecular weight excluding hydrogens is 324 g/mol. The summed E-state index contributed by atoms with van der Waals surface area (Å²) in [7, 11) is 0. The molecule has 0 spiro atoms. The minimum atomic E-state index is -1.54. The predicted molar refractivity (Wildman–Crippen MR) is 91.7 cm³/mol. The number of imide groups is 1. The van der Waals surface area contributed by atoms with Crippen LogP contribution in [-0.2, 0) is 10.4 Å². The van der Waals surface area contributed by atoms with Crippen molar-refractivity contribution in [1.29, 1.82) is 0 Å². The van der Waals surface area contributed by atoms with E-state index in [4.69, 9.17) is 0 Å². The lowest BCUT2D eigenvalue weighted by Gasteiger charge is -2.50. The van der Waals surface area contributed by atoms with Gasteiger partial charge < -0.3 is 10.4 Å². The Bertz CT molecular complexity index is 883. The number of carbonyl (C=O) groups excluding carboxylic acids is 2. The van der Waals surface area contributed by atoms with Gasteiger partial charge in [0.1, 0.15) is 5.60 Å². The van der Waals surface area contributed by atoms with E-state index < -0.39 is 23.1 Å². The first-order chi connectivity index (χ1) is 11.4. The predicted octanol–water partition coefficient (Wildman–Crippen LogP) is 2.22. The summed E-state index contributed by atoms with van der Waals surface area (Å²) in [5, 5.41) is 16.4. The smallest absolute Gasteiger partial charge is 0.322 e. The van der Waals surface area contributed by atoms with Crippen LogP contribution in [0.25, 0.3) is 11.1 Å². The number of hydrogen-bond acceptors (Lipinski definition) is 4. The van der Waals surface area contributed by atoms with Gasteiger partial charge in [-0.3, -0.25) is 10.1 Å². The molecule has 2 atom stereocenters. The number of carbonyl (C=O) groups is 2. The Morgan fingerprint density at radius 2 is 1.79 bits per heavy atom. The molecular formula is C18H16N2O3S. The topological polar surface area (TPSA) is 78.4 Å². The van der Waals surface area contributed by atoms with Crippen LogP contribution in [0.4, 0.5) is 4.79 Å². The molecule has 122 valence electrons. The molecule has 1 heterocycles. The van der Waals surface area contributed by atoms with E-state index in [0.717, 1.165) is 16.0 Å². The van der Waals surface area contributed by atoms with E-state index in [1.165, 1.54) is 11.8 Å². The molecule has 3 amide bonds. The maximum absolute atomic E-state index is 12.4. The molecule has 5 nitrogen and oxygen atoms in total. The number of hydrogen-bond donors (Lipinski definition) is 3.